The number of carbonyl (C=O) groups is 1. The Hall–Kier alpha value is -2.37. The predicted molar refractivity (Wildman–Crippen MR) is 127 cm³/mol. The quantitative estimate of drug-likeness (QED) is 0.357. The van der Waals surface area contributed by atoms with Crippen LogP contribution in [0.4, 0.5) is 5.69 Å². The number of piperidine rings is 1. The van der Waals surface area contributed by atoms with Crippen molar-refractivity contribution in [3.63, 3.8) is 0 Å². The summed E-state index contributed by atoms with van der Waals surface area (Å²) in [5, 5.41) is 17.0. The van der Waals surface area contributed by atoms with E-state index >= 15 is 0 Å². The van der Waals surface area contributed by atoms with E-state index in [4.69, 9.17) is 0 Å². The summed E-state index contributed by atoms with van der Waals surface area (Å²) < 4.78 is 0. The fourth-order valence-corrected chi connectivity index (χ4v) is 4.43. The maximum atomic E-state index is 10.9. The summed E-state index contributed by atoms with van der Waals surface area (Å²) in [5.74, 6) is 0.738. The Morgan fingerprint density at radius 3 is 2.39 bits per heavy atom. The number of rotatable bonds is 12. The summed E-state index contributed by atoms with van der Waals surface area (Å²) in [6, 6.07) is 19.0. The van der Waals surface area contributed by atoms with Crippen molar-refractivity contribution in [3.05, 3.63) is 65.7 Å². The van der Waals surface area contributed by atoms with E-state index in [1.807, 2.05) is 24.3 Å². The first-order valence-electron chi connectivity index (χ1n) is 11.6. The fraction of sp³-hybridized carbons (Fsp3) is 0.500. The van der Waals surface area contributed by atoms with Gasteiger partial charge in [-0.15, -0.1) is 0 Å². The van der Waals surface area contributed by atoms with Crippen LogP contribution in [0.5, 0.6) is 0 Å². The lowest BCUT2D eigenvalue weighted by Crippen LogP contribution is -2.43. The van der Waals surface area contributed by atoms with Crippen molar-refractivity contribution in [1.82, 2.24) is 10.2 Å². The van der Waals surface area contributed by atoms with E-state index in [9.17, 15) is 9.90 Å². The molecule has 0 saturated carbocycles. The van der Waals surface area contributed by atoms with Gasteiger partial charge in [0.25, 0.3) is 0 Å². The Morgan fingerprint density at radius 1 is 1.03 bits per heavy atom. The van der Waals surface area contributed by atoms with Crippen LogP contribution in [0.25, 0.3) is 0 Å². The highest BCUT2D eigenvalue weighted by molar-refractivity contribution is 5.46. The van der Waals surface area contributed by atoms with E-state index in [0.717, 1.165) is 69.0 Å². The summed E-state index contributed by atoms with van der Waals surface area (Å²) in [4.78, 5) is 12.7. The van der Waals surface area contributed by atoms with Crippen LogP contribution in [-0.4, -0.2) is 48.6 Å². The average molecular weight is 424 g/mol. The highest BCUT2D eigenvalue weighted by Crippen LogP contribution is 2.28. The van der Waals surface area contributed by atoms with E-state index in [1.165, 1.54) is 18.4 Å². The maximum absolute atomic E-state index is 10.9. The molecule has 2 aromatic rings. The number of amides is 1. The fourth-order valence-electron chi connectivity index (χ4n) is 4.43. The lowest BCUT2D eigenvalue weighted by molar-refractivity contribution is -0.109. The number of unbranched alkanes of at least 4 members (excludes halogenated alkanes) is 1. The van der Waals surface area contributed by atoms with E-state index < -0.39 is 6.10 Å². The molecule has 5 nitrogen and oxygen atoms in total. The second kappa shape index (κ2) is 12.5. The number of aliphatic hydroxyl groups is 1. The minimum Gasteiger partial charge on any atom is -0.387 e. The number of hydrogen-bond acceptors (Lipinski definition) is 4. The Kier molecular flexibility index (Phi) is 9.38. The van der Waals surface area contributed by atoms with Gasteiger partial charge in [-0.2, -0.15) is 0 Å². The van der Waals surface area contributed by atoms with Gasteiger partial charge in [0.1, 0.15) is 0 Å². The van der Waals surface area contributed by atoms with E-state index in [2.05, 4.69) is 52.8 Å². The molecule has 0 radical (unpaired) electrons. The summed E-state index contributed by atoms with van der Waals surface area (Å²) >= 11 is 0. The van der Waals surface area contributed by atoms with Gasteiger partial charge in [0.05, 0.1) is 6.10 Å². The number of likely N-dealkylation sites (tertiary alicyclic amines) is 1. The van der Waals surface area contributed by atoms with Crippen LogP contribution in [0.1, 0.15) is 49.8 Å². The van der Waals surface area contributed by atoms with Gasteiger partial charge in [-0.1, -0.05) is 42.5 Å². The van der Waals surface area contributed by atoms with Gasteiger partial charge in [-0.25, -0.2) is 0 Å². The second-order valence-electron chi connectivity index (χ2n) is 8.68. The molecule has 3 rings (SSSR count). The summed E-state index contributed by atoms with van der Waals surface area (Å²) in [6.07, 6.45) is 5.77. The molecule has 0 bridgehead atoms. The van der Waals surface area contributed by atoms with Crippen molar-refractivity contribution in [3.8, 4) is 0 Å². The predicted octanol–water partition coefficient (Wildman–Crippen LogP) is 4.00. The van der Waals surface area contributed by atoms with Crippen LogP contribution in [0.3, 0.4) is 0 Å². The lowest BCUT2D eigenvalue weighted by Gasteiger charge is -2.38. The molecular weight excluding hydrogens is 386 g/mol. The molecule has 1 amide bonds. The molecule has 31 heavy (non-hydrogen) atoms. The van der Waals surface area contributed by atoms with Gasteiger partial charge < -0.3 is 15.7 Å². The molecule has 0 spiro atoms. The van der Waals surface area contributed by atoms with Crippen molar-refractivity contribution >= 4 is 12.1 Å². The van der Waals surface area contributed by atoms with Gasteiger partial charge in [0.2, 0.25) is 6.41 Å². The smallest absolute Gasteiger partial charge is 0.207 e. The molecule has 3 N–H and O–H groups in total. The number of anilines is 1. The van der Waals surface area contributed by atoms with Crippen LogP contribution in [-0.2, 0) is 11.2 Å². The highest BCUT2D eigenvalue weighted by Gasteiger charge is 2.27. The Morgan fingerprint density at radius 2 is 1.71 bits per heavy atom. The first kappa shape index (κ1) is 23.3. The third kappa shape index (κ3) is 7.37. The van der Waals surface area contributed by atoms with Gasteiger partial charge in [-0.05, 0) is 81.3 Å². The molecule has 2 aromatic carbocycles. The molecule has 168 valence electrons. The van der Waals surface area contributed by atoms with Crippen molar-refractivity contribution in [2.45, 2.75) is 51.2 Å². The summed E-state index contributed by atoms with van der Waals surface area (Å²) in [7, 11) is 0. The number of benzene rings is 2. The molecule has 1 fully saturated rings. The normalized spacial score (nSPS) is 17.1. The summed E-state index contributed by atoms with van der Waals surface area (Å²) in [5.41, 5.74) is 3.47. The SMILES string of the molecule is C[C@H]([C@H](O)c1ccc(NCCCCNC=O)cc1)N1CCC(Cc2ccccc2)CC1. The average Bonchev–Trinajstić information content (AvgIpc) is 2.82. The molecule has 0 aromatic heterocycles. The third-order valence-corrected chi connectivity index (χ3v) is 6.46. The molecular formula is C26H37N3O2. The highest BCUT2D eigenvalue weighted by atomic mass is 16.3. The van der Waals surface area contributed by atoms with Gasteiger partial charge in [0.15, 0.2) is 0 Å². The molecule has 1 heterocycles. The molecule has 1 aliphatic rings. The van der Waals surface area contributed by atoms with E-state index in [0.29, 0.717) is 0 Å². The Bertz CT molecular complexity index is 758. The first-order chi connectivity index (χ1) is 15.2. The van der Waals surface area contributed by atoms with Crippen LogP contribution >= 0.6 is 0 Å². The van der Waals surface area contributed by atoms with Gasteiger partial charge in [-0.3, -0.25) is 9.69 Å². The zero-order valence-corrected chi connectivity index (χ0v) is 18.7. The molecule has 5 heteroatoms. The molecule has 0 aliphatic carbocycles. The van der Waals surface area contributed by atoms with Crippen LogP contribution in [0.15, 0.2) is 54.6 Å². The second-order valence-corrected chi connectivity index (χ2v) is 8.68. The van der Waals surface area contributed by atoms with Crippen molar-refractivity contribution in [2.24, 2.45) is 5.92 Å². The molecule has 1 aliphatic heterocycles. The Labute approximate surface area is 186 Å². The molecule has 2 atom stereocenters. The van der Waals surface area contributed by atoms with Gasteiger partial charge in [0, 0.05) is 24.8 Å². The van der Waals surface area contributed by atoms with E-state index in [1.54, 1.807) is 0 Å². The third-order valence-electron chi connectivity index (χ3n) is 6.46. The lowest BCUT2D eigenvalue weighted by atomic mass is 9.89. The first-order valence-corrected chi connectivity index (χ1v) is 11.6. The van der Waals surface area contributed by atoms with E-state index in [-0.39, 0.29) is 6.04 Å². The molecule has 0 unspecified atom stereocenters. The van der Waals surface area contributed by atoms with Crippen molar-refractivity contribution < 1.29 is 9.90 Å². The van der Waals surface area contributed by atoms with Crippen LogP contribution < -0.4 is 10.6 Å². The monoisotopic (exact) mass is 423 g/mol. The Balaban J connectivity index is 1.41. The minimum absolute atomic E-state index is 0.113. The van der Waals surface area contributed by atoms with Gasteiger partial charge >= 0.3 is 0 Å². The number of nitrogens with zero attached hydrogens (tertiary/aromatic N) is 1. The largest absolute Gasteiger partial charge is 0.387 e. The standard InChI is InChI=1S/C26H37N3O2/c1-21(29-17-13-23(14-18-29)19-22-7-3-2-4-8-22)26(31)24-9-11-25(12-10-24)28-16-6-5-15-27-20-30/h2-4,7-12,20-21,23,26,28,31H,5-6,13-19H2,1H3,(H,27,30)/t21-,26+/m1/s1. The zero-order valence-electron chi connectivity index (χ0n) is 18.7. The minimum atomic E-state index is -0.478. The van der Waals surface area contributed by atoms with Crippen molar-refractivity contribution in [2.75, 3.05) is 31.5 Å². The van der Waals surface area contributed by atoms with Crippen molar-refractivity contribution in [1.29, 1.82) is 0 Å². The maximum Gasteiger partial charge on any atom is 0.207 e. The zero-order chi connectivity index (χ0) is 21.9. The number of nitrogens with one attached hydrogen (secondary N) is 2. The van der Waals surface area contributed by atoms with Crippen LogP contribution in [0.2, 0.25) is 0 Å². The van der Waals surface area contributed by atoms with Crippen LogP contribution in [0, 0.1) is 5.92 Å². The molecule has 1 saturated heterocycles. The topological polar surface area (TPSA) is 64.6 Å². The number of hydrogen-bond donors (Lipinski definition) is 3. The summed E-state index contributed by atoms with van der Waals surface area (Å²) in [6.45, 7) is 5.83. The number of carbonyl (C=O) groups excluding carboxylic acids is 1. The number of aliphatic hydroxyl groups excluding tert-OH is 1.